The summed E-state index contributed by atoms with van der Waals surface area (Å²) in [5, 5.41) is 0. The van der Waals surface area contributed by atoms with Gasteiger partial charge in [0.2, 0.25) is 0 Å². The van der Waals surface area contributed by atoms with Gasteiger partial charge < -0.3 is 0 Å². The lowest BCUT2D eigenvalue weighted by Crippen LogP contribution is -1.92. The topological polar surface area (TPSA) is 51.2 Å². The van der Waals surface area contributed by atoms with Crippen LogP contribution in [0.4, 0.5) is 0 Å². The molecular formula is C13H22O3. The Morgan fingerprint density at radius 1 is 1.06 bits per heavy atom. The number of unbranched alkanes of at least 4 members (excludes halogenated alkanes) is 3. The monoisotopic (exact) mass is 226 g/mol. The number of hydrogen-bond donors (Lipinski definition) is 0. The Bertz CT molecular complexity index is 213. The van der Waals surface area contributed by atoms with E-state index in [9.17, 15) is 4.79 Å². The van der Waals surface area contributed by atoms with Crippen molar-refractivity contribution in [3.8, 4) is 0 Å². The van der Waals surface area contributed by atoms with Gasteiger partial charge in [-0.1, -0.05) is 38.8 Å². The van der Waals surface area contributed by atoms with Gasteiger partial charge in [0.05, 0.1) is 0 Å². The molecule has 0 atom stereocenters. The fourth-order valence-corrected chi connectivity index (χ4v) is 1.17. The summed E-state index contributed by atoms with van der Waals surface area (Å²) in [4.78, 5) is 27.2. The molecule has 0 saturated heterocycles. The van der Waals surface area contributed by atoms with Crippen LogP contribution in [0.2, 0.25) is 0 Å². The van der Waals surface area contributed by atoms with Gasteiger partial charge >= 0.3 is 6.15 Å². The molecule has 0 aliphatic carbocycles. The number of allylic oxidation sites excluding steroid dienone is 2. The highest BCUT2D eigenvalue weighted by atomic mass is 16.2. The average Bonchev–Trinajstić information content (AvgIpc) is 2.28. The second-order valence-electron chi connectivity index (χ2n) is 3.48. The normalized spacial score (nSPS) is 9.38. The maximum atomic E-state index is 10.9. The van der Waals surface area contributed by atoms with Gasteiger partial charge in [-0.05, 0) is 19.3 Å². The predicted molar refractivity (Wildman–Crippen MR) is 62.8 cm³/mol. The number of ketones is 1. The van der Waals surface area contributed by atoms with Crippen LogP contribution in [0.25, 0.3) is 0 Å². The Balaban J connectivity index is 0. The van der Waals surface area contributed by atoms with Crippen LogP contribution in [0.1, 0.15) is 58.8 Å². The number of Topliss-reactive ketones (excluding diaryl/α,β-unsaturated/α-hetero) is 1. The van der Waals surface area contributed by atoms with Crippen molar-refractivity contribution in [2.45, 2.75) is 58.8 Å². The zero-order chi connectivity index (χ0) is 12.6. The maximum absolute atomic E-state index is 10.9. The fraction of sp³-hybridized carbons (Fsp3) is 0.692. The quantitative estimate of drug-likeness (QED) is 0.471. The van der Waals surface area contributed by atoms with Crippen molar-refractivity contribution in [1.82, 2.24) is 0 Å². The highest BCUT2D eigenvalue weighted by molar-refractivity contribution is 5.78. The van der Waals surface area contributed by atoms with Crippen molar-refractivity contribution in [2.75, 3.05) is 0 Å². The molecule has 0 saturated carbocycles. The van der Waals surface area contributed by atoms with Crippen LogP contribution in [-0.2, 0) is 14.4 Å². The SMILES string of the molecule is CCCCC/C=C\CCC(=O)CC.O=C=O. The molecule has 0 amide bonds. The number of rotatable bonds is 8. The van der Waals surface area contributed by atoms with E-state index >= 15 is 0 Å². The van der Waals surface area contributed by atoms with Crippen LogP contribution in [0, 0.1) is 0 Å². The van der Waals surface area contributed by atoms with Gasteiger partial charge in [0.15, 0.2) is 0 Å². The van der Waals surface area contributed by atoms with Gasteiger partial charge in [-0.2, -0.15) is 9.59 Å². The molecule has 0 unspecified atom stereocenters. The third kappa shape index (κ3) is 18.5. The minimum absolute atomic E-state index is 0.250. The van der Waals surface area contributed by atoms with E-state index < -0.39 is 0 Å². The zero-order valence-electron chi connectivity index (χ0n) is 10.3. The van der Waals surface area contributed by atoms with Crippen LogP contribution in [0.3, 0.4) is 0 Å². The van der Waals surface area contributed by atoms with Gasteiger partial charge in [-0.15, -0.1) is 0 Å². The average molecular weight is 226 g/mol. The van der Waals surface area contributed by atoms with Gasteiger partial charge in [0, 0.05) is 12.8 Å². The second-order valence-corrected chi connectivity index (χ2v) is 3.48. The molecule has 0 aromatic heterocycles. The Kier molecular flexibility index (Phi) is 17.4. The largest absolute Gasteiger partial charge is 0.373 e. The molecule has 0 spiro atoms. The summed E-state index contributed by atoms with van der Waals surface area (Å²) in [6.07, 6.45) is 12.0. The van der Waals surface area contributed by atoms with E-state index in [1.54, 1.807) is 0 Å². The van der Waals surface area contributed by atoms with Gasteiger partial charge in [0.1, 0.15) is 5.78 Å². The zero-order valence-corrected chi connectivity index (χ0v) is 10.3. The van der Waals surface area contributed by atoms with Gasteiger partial charge in [0.25, 0.3) is 0 Å². The molecule has 3 heteroatoms. The molecule has 3 nitrogen and oxygen atoms in total. The molecule has 0 rings (SSSR count). The van der Waals surface area contributed by atoms with Crippen molar-refractivity contribution in [2.24, 2.45) is 0 Å². The summed E-state index contributed by atoms with van der Waals surface area (Å²) >= 11 is 0. The molecule has 0 N–H and O–H groups in total. The first kappa shape index (κ1) is 17.2. The van der Waals surface area contributed by atoms with E-state index in [4.69, 9.17) is 9.59 Å². The maximum Gasteiger partial charge on any atom is 0.373 e. The first-order chi connectivity index (χ1) is 7.72. The summed E-state index contributed by atoms with van der Waals surface area (Å²) in [5.41, 5.74) is 0. The predicted octanol–water partition coefficient (Wildman–Crippen LogP) is 3.30. The molecule has 0 heterocycles. The summed E-state index contributed by atoms with van der Waals surface area (Å²) in [5.74, 6) is 0.373. The minimum Gasteiger partial charge on any atom is -0.300 e. The highest BCUT2D eigenvalue weighted by Gasteiger charge is 1.93. The Hall–Kier alpha value is -1.21. The Morgan fingerprint density at radius 3 is 2.12 bits per heavy atom. The first-order valence-corrected chi connectivity index (χ1v) is 5.88. The van der Waals surface area contributed by atoms with Crippen LogP contribution < -0.4 is 0 Å². The van der Waals surface area contributed by atoms with Crippen molar-refractivity contribution in [3.05, 3.63) is 12.2 Å². The van der Waals surface area contributed by atoms with E-state index in [1.165, 1.54) is 25.7 Å². The smallest absolute Gasteiger partial charge is 0.300 e. The third-order valence-corrected chi connectivity index (χ3v) is 2.13. The van der Waals surface area contributed by atoms with Gasteiger partial charge in [-0.25, -0.2) is 0 Å². The molecule has 0 aliphatic heterocycles. The highest BCUT2D eigenvalue weighted by Crippen LogP contribution is 2.01. The van der Waals surface area contributed by atoms with Crippen LogP contribution >= 0.6 is 0 Å². The molecule has 0 bridgehead atoms. The molecule has 0 radical (unpaired) electrons. The fourth-order valence-electron chi connectivity index (χ4n) is 1.17. The van der Waals surface area contributed by atoms with Crippen LogP contribution in [-0.4, -0.2) is 11.9 Å². The van der Waals surface area contributed by atoms with Crippen LogP contribution in [0.15, 0.2) is 12.2 Å². The summed E-state index contributed by atoms with van der Waals surface area (Å²) in [6.45, 7) is 4.14. The Labute approximate surface area is 97.9 Å². The summed E-state index contributed by atoms with van der Waals surface area (Å²) in [6, 6.07) is 0. The molecule has 0 aromatic carbocycles. The molecule has 16 heavy (non-hydrogen) atoms. The number of hydrogen-bond acceptors (Lipinski definition) is 3. The lowest BCUT2D eigenvalue weighted by Gasteiger charge is -1.93. The van der Waals surface area contributed by atoms with E-state index in [1.807, 2.05) is 6.92 Å². The Morgan fingerprint density at radius 2 is 1.62 bits per heavy atom. The number of carbonyl (C=O) groups excluding carboxylic acids is 3. The minimum atomic E-state index is 0.250. The summed E-state index contributed by atoms with van der Waals surface area (Å²) in [7, 11) is 0. The summed E-state index contributed by atoms with van der Waals surface area (Å²) < 4.78 is 0. The van der Waals surface area contributed by atoms with Crippen LogP contribution in [0.5, 0.6) is 0 Å². The lowest BCUT2D eigenvalue weighted by atomic mass is 10.1. The van der Waals surface area contributed by atoms with Crippen molar-refractivity contribution >= 4 is 11.9 Å². The van der Waals surface area contributed by atoms with E-state index in [0.29, 0.717) is 12.2 Å². The molecule has 92 valence electrons. The standard InChI is InChI=1S/C12H22O.CO2/c1-3-5-6-7-8-9-10-11-12(13)4-2;2-1-3/h8-9H,3-7,10-11H2,1-2H3;/b9-8-;. The molecule has 0 fully saturated rings. The van der Waals surface area contributed by atoms with E-state index in [2.05, 4.69) is 19.1 Å². The van der Waals surface area contributed by atoms with E-state index in [0.717, 1.165) is 12.8 Å². The molecule has 0 aliphatic rings. The van der Waals surface area contributed by atoms with Crippen molar-refractivity contribution in [3.63, 3.8) is 0 Å². The first-order valence-electron chi connectivity index (χ1n) is 5.88. The number of carbonyl (C=O) groups is 1. The van der Waals surface area contributed by atoms with E-state index in [-0.39, 0.29) is 6.15 Å². The third-order valence-electron chi connectivity index (χ3n) is 2.13. The second kappa shape index (κ2) is 16.2. The van der Waals surface area contributed by atoms with Crippen molar-refractivity contribution < 1.29 is 14.4 Å². The van der Waals surface area contributed by atoms with Crippen molar-refractivity contribution in [1.29, 1.82) is 0 Å². The molecular weight excluding hydrogens is 204 g/mol. The van der Waals surface area contributed by atoms with Gasteiger partial charge in [-0.3, -0.25) is 4.79 Å². The molecule has 0 aromatic rings. The lowest BCUT2D eigenvalue weighted by molar-refractivity contribution is -0.191.